The number of rotatable bonds is 3. The van der Waals surface area contributed by atoms with E-state index in [1.54, 1.807) is 4.31 Å². The highest BCUT2D eigenvalue weighted by Crippen LogP contribution is 2.56. The van der Waals surface area contributed by atoms with Gasteiger partial charge in [0.15, 0.2) is 0 Å². The van der Waals surface area contributed by atoms with E-state index in [1.165, 1.54) is 6.26 Å². The van der Waals surface area contributed by atoms with E-state index >= 15 is 0 Å². The minimum atomic E-state index is -3.19. The molecule has 19 heavy (non-hydrogen) atoms. The molecule has 0 saturated carbocycles. The van der Waals surface area contributed by atoms with Gasteiger partial charge >= 0.3 is 0 Å². The van der Waals surface area contributed by atoms with E-state index < -0.39 is 10.0 Å². The first-order chi connectivity index (χ1) is 9.09. The topological polar surface area (TPSA) is 37.1 Å². The van der Waals surface area contributed by atoms with Gasteiger partial charge in [0.05, 0.1) is 18.3 Å². The van der Waals surface area contributed by atoms with Crippen molar-refractivity contribution in [2.75, 3.05) is 6.26 Å². The molecule has 0 aromatic heterocycles. The van der Waals surface area contributed by atoms with Gasteiger partial charge in [-0.15, -0.1) is 0 Å². The van der Waals surface area contributed by atoms with Crippen molar-refractivity contribution in [3.05, 3.63) is 71.8 Å². The monoisotopic (exact) mass is 273 g/mol. The Morgan fingerprint density at radius 3 is 1.47 bits per heavy atom. The fourth-order valence-electron chi connectivity index (χ4n) is 2.58. The highest BCUT2D eigenvalue weighted by Gasteiger charge is 2.54. The smallest absolute Gasteiger partial charge is 0.212 e. The molecular formula is C15H15NO2S. The third-order valence-electron chi connectivity index (χ3n) is 3.42. The maximum absolute atomic E-state index is 11.9. The summed E-state index contributed by atoms with van der Waals surface area (Å²) in [5, 5.41) is 0. The zero-order valence-electron chi connectivity index (χ0n) is 10.6. The Hall–Kier alpha value is -1.65. The fraction of sp³-hybridized carbons (Fsp3) is 0.200. The number of hydrogen-bond acceptors (Lipinski definition) is 2. The molecule has 2 aromatic rings. The quantitative estimate of drug-likeness (QED) is 0.806. The average Bonchev–Trinajstić information content (AvgIpc) is 3.16. The van der Waals surface area contributed by atoms with Gasteiger partial charge in [-0.1, -0.05) is 60.7 Å². The molecule has 0 amide bonds. The van der Waals surface area contributed by atoms with Gasteiger partial charge in [0.2, 0.25) is 10.0 Å². The summed E-state index contributed by atoms with van der Waals surface area (Å²) in [7, 11) is -3.19. The standard InChI is InChI=1S/C15H15NO2S/c1-19(17,18)16-14(12-8-4-2-5-9-12)15(16)13-10-6-3-7-11-13/h2-11,14-15H,1H3/t14-,15+,16?. The van der Waals surface area contributed by atoms with E-state index in [9.17, 15) is 8.42 Å². The van der Waals surface area contributed by atoms with Crippen LogP contribution in [0.1, 0.15) is 23.2 Å². The Kier molecular flexibility index (Phi) is 2.92. The molecule has 1 aliphatic rings. The summed E-state index contributed by atoms with van der Waals surface area (Å²) in [5.41, 5.74) is 2.09. The minimum Gasteiger partial charge on any atom is -0.212 e. The van der Waals surface area contributed by atoms with Crippen LogP contribution in [0.4, 0.5) is 0 Å². The van der Waals surface area contributed by atoms with Crippen molar-refractivity contribution in [1.29, 1.82) is 0 Å². The zero-order valence-corrected chi connectivity index (χ0v) is 11.4. The molecule has 0 aliphatic carbocycles. The molecule has 3 rings (SSSR count). The summed E-state index contributed by atoms with van der Waals surface area (Å²) in [6, 6.07) is 19.4. The first-order valence-electron chi connectivity index (χ1n) is 6.17. The van der Waals surface area contributed by atoms with Crippen LogP contribution in [0.25, 0.3) is 0 Å². The molecule has 2 aromatic carbocycles. The summed E-state index contributed by atoms with van der Waals surface area (Å²) >= 11 is 0. The molecule has 1 heterocycles. The van der Waals surface area contributed by atoms with Crippen LogP contribution < -0.4 is 0 Å². The van der Waals surface area contributed by atoms with E-state index in [1.807, 2.05) is 60.7 Å². The van der Waals surface area contributed by atoms with Gasteiger partial charge in [-0.25, -0.2) is 8.42 Å². The normalized spacial score (nSPS) is 26.1. The van der Waals surface area contributed by atoms with Crippen LogP contribution in [-0.2, 0) is 10.0 Å². The third-order valence-corrected chi connectivity index (χ3v) is 4.64. The van der Waals surface area contributed by atoms with E-state index in [-0.39, 0.29) is 12.1 Å². The summed E-state index contributed by atoms with van der Waals surface area (Å²) in [6.45, 7) is 0. The van der Waals surface area contributed by atoms with E-state index in [0.717, 1.165) is 11.1 Å². The van der Waals surface area contributed by atoms with Crippen molar-refractivity contribution in [2.45, 2.75) is 12.1 Å². The van der Waals surface area contributed by atoms with E-state index in [2.05, 4.69) is 0 Å². The van der Waals surface area contributed by atoms with Crippen LogP contribution in [0.5, 0.6) is 0 Å². The van der Waals surface area contributed by atoms with Gasteiger partial charge in [-0.3, -0.25) is 0 Å². The first kappa shape index (κ1) is 12.4. The Labute approximate surface area is 113 Å². The molecule has 3 nitrogen and oxygen atoms in total. The van der Waals surface area contributed by atoms with Crippen molar-refractivity contribution in [2.24, 2.45) is 0 Å². The van der Waals surface area contributed by atoms with Crippen LogP contribution in [0, 0.1) is 0 Å². The molecule has 1 aliphatic heterocycles. The van der Waals surface area contributed by atoms with Gasteiger partial charge in [-0.05, 0) is 11.1 Å². The zero-order chi connectivity index (χ0) is 13.5. The summed E-state index contributed by atoms with van der Waals surface area (Å²) in [5.74, 6) is 0. The molecule has 1 unspecified atom stereocenters. The highest BCUT2D eigenvalue weighted by atomic mass is 32.2. The van der Waals surface area contributed by atoms with Crippen molar-refractivity contribution >= 4 is 10.0 Å². The lowest BCUT2D eigenvalue weighted by atomic mass is 10.0. The highest BCUT2D eigenvalue weighted by molar-refractivity contribution is 7.88. The largest absolute Gasteiger partial charge is 0.212 e. The molecule has 0 N–H and O–H groups in total. The van der Waals surface area contributed by atoms with Gasteiger partial charge in [0.1, 0.15) is 0 Å². The van der Waals surface area contributed by atoms with Crippen molar-refractivity contribution in [1.82, 2.24) is 4.31 Å². The SMILES string of the molecule is CS(=O)(=O)N1[C@H](c2ccccc2)[C@@H]1c1ccccc1. The molecule has 0 radical (unpaired) electrons. The molecule has 1 fully saturated rings. The number of benzene rings is 2. The van der Waals surface area contributed by atoms with Gasteiger partial charge in [-0.2, -0.15) is 4.31 Å². The Balaban J connectivity index is 2.00. The minimum absolute atomic E-state index is 0.0707. The Bertz CT molecular complexity index is 622. The molecule has 98 valence electrons. The lowest BCUT2D eigenvalue weighted by Gasteiger charge is -2.00. The lowest BCUT2D eigenvalue weighted by Crippen LogP contribution is -2.10. The summed E-state index contributed by atoms with van der Waals surface area (Å²) < 4.78 is 25.3. The fourth-order valence-corrected chi connectivity index (χ4v) is 3.83. The second-order valence-electron chi connectivity index (χ2n) is 4.80. The maximum Gasteiger partial charge on any atom is 0.212 e. The average molecular weight is 273 g/mol. The summed E-state index contributed by atoms with van der Waals surface area (Å²) in [6.07, 6.45) is 1.27. The second kappa shape index (κ2) is 4.47. The first-order valence-corrected chi connectivity index (χ1v) is 8.02. The van der Waals surface area contributed by atoms with Crippen LogP contribution in [0.2, 0.25) is 0 Å². The molecule has 4 heteroatoms. The van der Waals surface area contributed by atoms with Crippen LogP contribution in [0.3, 0.4) is 0 Å². The Morgan fingerprint density at radius 1 is 0.789 bits per heavy atom. The maximum atomic E-state index is 11.9. The van der Waals surface area contributed by atoms with Gasteiger partial charge in [0.25, 0.3) is 0 Å². The van der Waals surface area contributed by atoms with Crippen molar-refractivity contribution in [3.8, 4) is 0 Å². The molecular weight excluding hydrogens is 258 g/mol. The van der Waals surface area contributed by atoms with Gasteiger partial charge in [0, 0.05) is 0 Å². The number of sulfonamides is 1. The number of nitrogens with zero attached hydrogens (tertiary/aromatic N) is 1. The molecule has 0 spiro atoms. The second-order valence-corrected chi connectivity index (χ2v) is 6.69. The van der Waals surface area contributed by atoms with Crippen LogP contribution >= 0.6 is 0 Å². The van der Waals surface area contributed by atoms with Crippen molar-refractivity contribution < 1.29 is 8.42 Å². The summed E-state index contributed by atoms with van der Waals surface area (Å²) in [4.78, 5) is 0. The molecule has 1 saturated heterocycles. The number of hydrogen-bond donors (Lipinski definition) is 0. The molecule has 0 bridgehead atoms. The third kappa shape index (κ3) is 2.29. The van der Waals surface area contributed by atoms with Gasteiger partial charge < -0.3 is 0 Å². The van der Waals surface area contributed by atoms with Crippen LogP contribution in [0.15, 0.2) is 60.7 Å². The predicted octanol–water partition coefficient (Wildman–Crippen LogP) is 2.74. The Morgan fingerprint density at radius 2 is 1.16 bits per heavy atom. The van der Waals surface area contributed by atoms with E-state index in [0.29, 0.717) is 0 Å². The van der Waals surface area contributed by atoms with E-state index in [4.69, 9.17) is 0 Å². The van der Waals surface area contributed by atoms with Crippen LogP contribution in [-0.4, -0.2) is 19.0 Å². The predicted molar refractivity (Wildman–Crippen MR) is 75.0 cm³/mol. The van der Waals surface area contributed by atoms with Crippen molar-refractivity contribution in [3.63, 3.8) is 0 Å². The molecule has 3 atom stereocenters. The lowest BCUT2D eigenvalue weighted by molar-refractivity contribution is 0.554.